The van der Waals surface area contributed by atoms with E-state index >= 15 is 0 Å². The van der Waals surface area contributed by atoms with Crippen molar-refractivity contribution < 1.29 is 0 Å². The van der Waals surface area contributed by atoms with Crippen molar-refractivity contribution in [2.45, 2.75) is 41.5 Å². The SMILES string of the molecule is Cc1cc(C)c(C2=c3ccc([nH]3)=C(c3ccc(Br)cc3)c3ccc([nH]3)C(c3c(C)cc(C)cc3C)=c3ccc([nH]3)=C(c3ccc(Br)cc3)c3ccc2[nH]3)c(C)c1. The Kier molecular flexibility index (Phi) is 9.14. The van der Waals surface area contributed by atoms with Gasteiger partial charge in [0.2, 0.25) is 0 Å². The Balaban J connectivity index is 1.46. The van der Waals surface area contributed by atoms with Crippen LogP contribution in [0.2, 0.25) is 0 Å². The van der Waals surface area contributed by atoms with Crippen LogP contribution < -0.4 is 21.4 Å². The summed E-state index contributed by atoms with van der Waals surface area (Å²) in [4.78, 5) is 15.8. The smallest absolute Gasteiger partial charge is 0.0486 e. The van der Waals surface area contributed by atoms with Crippen LogP contribution in [0.15, 0.2) is 130 Å². The molecule has 8 bridgehead atoms. The van der Waals surface area contributed by atoms with E-state index < -0.39 is 0 Å². The minimum atomic E-state index is 1.03. The zero-order valence-electron chi connectivity index (χ0n) is 32.3. The fourth-order valence-electron chi connectivity index (χ4n) is 8.87. The van der Waals surface area contributed by atoms with Crippen LogP contribution in [0.4, 0.5) is 0 Å². The topological polar surface area (TPSA) is 63.2 Å². The number of rotatable bonds is 4. The Morgan fingerprint density at radius 3 is 0.929 bits per heavy atom. The highest BCUT2D eigenvalue weighted by Gasteiger charge is 2.21. The molecule has 0 atom stereocenters. The second-order valence-electron chi connectivity index (χ2n) is 15.2. The second kappa shape index (κ2) is 14.2. The molecule has 4 aromatic heterocycles. The molecule has 276 valence electrons. The molecule has 0 unspecified atom stereocenters. The third kappa shape index (κ3) is 6.41. The first-order valence-corrected chi connectivity index (χ1v) is 20.6. The van der Waals surface area contributed by atoms with E-state index in [2.05, 4.69) is 215 Å². The average Bonchev–Trinajstić information content (AvgIpc) is 3.99. The number of fused-ring (bicyclic) bond motifs is 8. The van der Waals surface area contributed by atoms with E-state index in [1.165, 1.54) is 44.5 Å². The molecule has 56 heavy (non-hydrogen) atoms. The Morgan fingerprint density at radius 1 is 0.321 bits per heavy atom. The van der Waals surface area contributed by atoms with E-state index in [1.54, 1.807) is 0 Å². The number of hydrogen-bond acceptors (Lipinski definition) is 0. The minimum absolute atomic E-state index is 1.03. The van der Waals surface area contributed by atoms with Crippen LogP contribution in [0.3, 0.4) is 0 Å². The van der Waals surface area contributed by atoms with Crippen LogP contribution in [-0.2, 0) is 0 Å². The Labute approximate surface area is 343 Å². The van der Waals surface area contributed by atoms with Gasteiger partial charge in [0.1, 0.15) is 0 Å². The highest BCUT2D eigenvalue weighted by molar-refractivity contribution is 9.10. The van der Waals surface area contributed by atoms with Crippen molar-refractivity contribution in [3.05, 3.63) is 230 Å². The fourth-order valence-corrected chi connectivity index (χ4v) is 9.40. The number of nitrogens with one attached hydrogen (secondary N) is 4. The van der Waals surface area contributed by atoms with E-state index in [4.69, 9.17) is 0 Å². The van der Waals surface area contributed by atoms with Gasteiger partial charge in [0.05, 0.1) is 0 Å². The standard InChI is InChI=1S/C50H42Br2N4/c1-27-23-29(3)45(30(4)24-27)49-41-19-15-37(53-41)47(33-7-11-35(51)12-8-33)39-17-21-43(55-39)50(46-31(5)25-28(2)26-32(46)6)44-22-18-40(56-44)48(38-16-20-42(49)54-38)34-9-13-36(52)14-10-34/h7-26,53-56H,1-6H3. The van der Waals surface area contributed by atoms with Crippen LogP contribution in [0.25, 0.3) is 22.3 Å². The van der Waals surface area contributed by atoms with Crippen molar-refractivity contribution in [1.29, 1.82) is 0 Å². The lowest BCUT2D eigenvalue weighted by atomic mass is 9.92. The highest BCUT2D eigenvalue weighted by atomic mass is 79.9. The molecule has 5 heterocycles. The second-order valence-corrected chi connectivity index (χ2v) is 17.0. The van der Waals surface area contributed by atoms with E-state index in [0.29, 0.717) is 0 Å². The lowest BCUT2D eigenvalue weighted by molar-refractivity contribution is 1.17. The van der Waals surface area contributed by atoms with Crippen molar-refractivity contribution in [3.8, 4) is 0 Å². The third-order valence-corrected chi connectivity index (χ3v) is 12.1. The van der Waals surface area contributed by atoms with Crippen molar-refractivity contribution in [1.82, 2.24) is 19.9 Å². The molecular weight excluding hydrogens is 816 g/mol. The van der Waals surface area contributed by atoms with Crippen molar-refractivity contribution in [2.75, 3.05) is 0 Å². The normalized spacial score (nSPS) is 12.9. The molecule has 0 saturated carbocycles. The maximum atomic E-state index is 3.94. The van der Waals surface area contributed by atoms with Gasteiger partial charge in [-0.15, -0.1) is 0 Å². The molecule has 1 aliphatic heterocycles. The summed E-state index contributed by atoms with van der Waals surface area (Å²) in [6.45, 7) is 13.2. The monoisotopic (exact) mass is 856 g/mol. The largest absolute Gasteiger partial charge is 0.354 e. The molecule has 0 radical (unpaired) electrons. The third-order valence-electron chi connectivity index (χ3n) is 11.0. The molecule has 8 aromatic rings. The molecule has 0 spiro atoms. The van der Waals surface area contributed by atoms with Crippen LogP contribution in [-0.4, -0.2) is 19.9 Å². The van der Waals surface area contributed by atoms with E-state index in [9.17, 15) is 0 Å². The fraction of sp³-hybridized carbons (Fsp3) is 0.120. The van der Waals surface area contributed by atoms with Crippen LogP contribution in [0, 0.1) is 41.5 Å². The predicted molar refractivity (Wildman–Crippen MR) is 238 cm³/mol. The maximum absolute atomic E-state index is 3.94. The summed E-state index contributed by atoms with van der Waals surface area (Å²) in [5.41, 5.74) is 20.7. The summed E-state index contributed by atoms with van der Waals surface area (Å²) in [6.07, 6.45) is 0. The van der Waals surface area contributed by atoms with Crippen LogP contribution in [0.1, 0.15) is 78.4 Å². The van der Waals surface area contributed by atoms with E-state index in [1.807, 2.05) is 0 Å². The van der Waals surface area contributed by atoms with Crippen LogP contribution >= 0.6 is 31.9 Å². The van der Waals surface area contributed by atoms with Crippen LogP contribution in [0.5, 0.6) is 0 Å². The quantitative estimate of drug-likeness (QED) is 0.136. The molecule has 4 aromatic carbocycles. The summed E-state index contributed by atoms with van der Waals surface area (Å²) >= 11 is 7.35. The number of benzene rings is 4. The summed E-state index contributed by atoms with van der Waals surface area (Å²) in [5, 5.41) is 4.15. The molecule has 4 N–H and O–H groups in total. The van der Waals surface area contributed by atoms with Crippen molar-refractivity contribution in [3.63, 3.8) is 0 Å². The predicted octanol–water partition coefficient (Wildman–Crippen LogP) is 9.68. The first-order chi connectivity index (χ1) is 27.0. The van der Waals surface area contributed by atoms with Gasteiger partial charge in [0.25, 0.3) is 0 Å². The average molecular weight is 859 g/mol. The number of hydrogen-bond donors (Lipinski definition) is 4. The molecule has 0 saturated heterocycles. The Bertz CT molecular complexity index is 2830. The van der Waals surface area contributed by atoms with Gasteiger partial charge >= 0.3 is 0 Å². The van der Waals surface area contributed by atoms with Crippen molar-refractivity contribution >= 4 is 54.2 Å². The molecule has 4 nitrogen and oxygen atoms in total. The maximum Gasteiger partial charge on any atom is 0.0486 e. The van der Waals surface area contributed by atoms with Gasteiger partial charge in [0.15, 0.2) is 0 Å². The molecular formula is C50H42Br2N4. The summed E-state index contributed by atoms with van der Waals surface area (Å²) in [7, 11) is 0. The van der Waals surface area contributed by atoms with Crippen molar-refractivity contribution in [2.24, 2.45) is 0 Å². The van der Waals surface area contributed by atoms with Gasteiger partial charge < -0.3 is 19.9 Å². The molecule has 0 amide bonds. The van der Waals surface area contributed by atoms with E-state index in [0.717, 1.165) is 86.5 Å². The first-order valence-electron chi connectivity index (χ1n) is 19.0. The Hall–Kier alpha value is -5.56. The number of aromatic amines is 4. The number of halogens is 2. The summed E-state index contributed by atoms with van der Waals surface area (Å²) < 4.78 is 2.08. The molecule has 9 rings (SSSR count). The first kappa shape index (κ1) is 36.1. The minimum Gasteiger partial charge on any atom is -0.354 e. The summed E-state index contributed by atoms with van der Waals surface area (Å²) in [5.74, 6) is 0. The molecule has 6 heteroatoms. The lowest BCUT2D eigenvalue weighted by Gasteiger charge is -2.15. The van der Waals surface area contributed by atoms with Gasteiger partial charge in [-0.2, -0.15) is 0 Å². The summed E-state index contributed by atoms with van der Waals surface area (Å²) in [6, 6.07) is 44.2. The van der Waals surface area contributed by atoms with Gasteiger partial charge in [-0.3, -0.25) is 0 Å². The zero-order valence-corrected chi connectivity index (χ0v) is 35.5. The highest BCUT2D eigenvalue weighted by Crippen LogP contribution is 2.32. The number of H-pyrrole nitrogens is 4. The molecule has 0 aliphatic carbocycles. The van der Waals surface area contributed by atoms with Gasteiger partial charge in [0, 0.05) is 75.4 Å². The van der Waals surface area contributed by atoms with E-state index in [-0.39, 0.29) is 0 Å². The molecule has 0 fully saturated rings. The van der Waals surface area contributed by atoms with Gasteiger partial charge in [-0.1, -0.05) is 91.5 Å². The molecule has 1 aliphatic rings. The van der Waals surface area contributed by atoms with Gasteiger partial charge in [-0.25, -0.2) is 0 Å². The Morgan fingerprint density at radius 2 is 0.607 bits per heavy atom. The number of aryl methyl sites for hydroxylation is 6. The lowest BCUT2D eigenvalue weighted by Crippen LogP contribution is -2.20. The van der Waals surface area contributed by atoms with Gasteiger partial charge in [-0.05, 0) is 159 Å². The number of aromatic nitrogens is 4. The zero-order chi connectivity index (χ0) is 38.8.